The van der Waals surface area contributed by atoms with Gasteiger partial charge in [-0.15, -0.1) is 0 Å². The van der Waals surface area contributed by atoms with Gasteiger partial charge in [-0.05, 0) is 31.1 Å². The zero-order valence-corrected chi connectivity index (χ0v) is 16.7. The molecular weight excluding hydrogens is 336 g/mol. The molecule has 142 valence electrons. The zero-order chi connectivity index (χ0) is 18.8. The van der Waals surface area contributed by atoms with Gasteiger partial charge in [0, 0.05) is 30.5 Å². The topological polar surface area (TPSA) is 71.9 Å². The number of thioether (sulfide) groups is 1. The number of nitrogens with zero attached hydrogens (tertiary/aromatic N) is 1. The third-order valence-electron chi connectivity index (χ3n) is 4.30. The van der Waals surface area contributed by atoms with Crippen LogP contribution in [-0.4, -0.2) is 20.4 Å². The predicted molar refractivity (Wildman–Crippen MR) is 105 cm³/mol. The number of aromatic amines is 1. The van der Waals surface area contributed by atoms with Gasteiger partial charge in [0.15, 0.2) is 5.12 Å². The largest absolute Gasteiger partial charge is 0.328 e. The molecule has 6 heteroatoms. The second-order valence-electron chi connectivity index (χ2n) is 7.33. The van der Waals surface area contributed by atoms with E-state index in [4.69, 9.17) is 0 Å². The molecule has 0 aliphatic rings. The molecule has 0 saturated heterocycles. The van der Waals surface area contributed by atoms with Crippen LogP contribution >= 0.6 is 11.8 Å². The number of hydrogen-bond donors (Lipinski definition) is 1. The molecule has 1 heterocycles. The molecule has 0 amide bonds. The maximum Gasteiger partial charge on any atom is 0.328 e. The second kappa shape index (κ2) is 11.3. The summed E-state index contributed by atoms with van der Waals surface area (Å²) in [6, 6.07) is 1.37. The van der Waals surface area contributed by atoms with Crippen molar-refractivity contribution in [2.45, 2.75) is 66.3 Å². The van der Waals surface area contributed by atoms with Gasteiger partial charge in [0.2, 0.25) is 0 Å². The minimum atomic E-state index is -0.349. The van der Waals surface area contributed by atoms with Crippen molar-refractivity contribution in [2.24, 2.45) is 17.8 Å². The monoisotopic (exact) mass is 368 g/mol. The molecule has 0 fully saturated rings. The van der Waals surface area contributed by atoms with E-state index in [2.05, 4.69) is 32.7 Å². The normalized spacial score (nSPS) is 12.7. The van der Waals surface area contributed by atoms with Gasteiger partial charge in [0.25, 0.3) is 5.56 Å². The van der Waals surface area contributed by atoms with Gasteiger partial charge in [-0.1, -0.05) is 52.3 Å². The molecule has 0 aromatic carbocycles. The van der Waals surface area contributed by atoms with Gasteiger partial charge < -0.3 is 4.98 Å². The molecule has 1 N–H and O–H groups in total. The van der Waals surface area contributed by atoms with Gasteiger partial charge in [-0.2, -0.15) is 0 Å². The maximum absolute atomic E-state index is 12.4. The van der Waals surface area contributed by atoms with Crippen molar-refractivity contribution >= 4 is 16.9 Å². The highest BCUT2D eigenvalue weighted by Gasteiger charge is 2.23. The smallest absolute Gasteiger partial charge is 0.314 e. The number of carbonyl (C=O) groups excluding carboxylic acids is 1. The first-order valence-corrected chi connectivity index (χ1v) is 10.3. The van der Waals surface area contributed by atoms with E-state index in [0.717, 1.165) is 37.9 Å². The van der Waals surface area contributed by atoms with Crippen molar-refractivity contribution in [1.82, 2.24) is 9.55 Å². The summed E-state index contributed by atoms with van der Waals surface area (Å²) < 4.78 is 1.23. The lowest BCUT2D eigenvalue weighted by Gasteiger charge is -2.20. The molecule has 0 bridgehead atoms. The summed E-state index contributed by atoms with van der Waals surface area (Å²) in [5, 5.41) is 0.325. The molecule has 0 saturated carbocycles. The van der Waals surface area contributed by atoms with Crippen LogP contribution in [0.15, 0.2) is 21.9 Å². The highest BCUT2D eigenvalue weighted by molar-refractivity contribution is 8.13. The molecule has 5 nitrogen and oxygen atoms in total. The number of hydrogen-bond acceptors (Lipinski definition) is 4. The third kappa shape index (κ3) is 8.08. The molecule has 1 rings (SSSR count). The van der Waals surface area contributed by atoms with Crippen molar-refractivity contribution in [3.63, 3.8) is 0 Å². The maximum atomic E-state index is 12.4. The van der Waals surface area contributed by atoms with Crippen LogP contribution in [0.5, 0.6) is 0 Å². The number of rotatable bonds is 11. The molecule has 0 aliphatic carbocycles. The van der Waals surface area contributed by atoms with Crippen molar-refractivity contribution < 1.29 is 4.79 Å². The first-order chi connectivity index (χ1) is 11.8. The van der Waals surface area contributed by atoms with Gasteiger partial charge >= 0.3 is 5.69 Å². The van der Waals surface area contributed by atoms with Crippen LogP contribution in [0.25, 0.3) is 0 Å². The molecular formula is C19H32N2O3S. The van der Waals surface area contributed by atoms with Crippen LogP contribution < -0.4 is 11.2 Å². The van der Waals surface area contributed by atoms with Crippen molar-refractivity contribution in [2.75, 3.05) is 5.75 Å². The Bertz CT molecular complexity index is 606. The Morgan fingerprint density at radius 1 is 1.12 bits per heavy atom. The number of carbonyl (C=O) groups is 1. The molecule has 1 aromatic heterocycles. The lowest BCUT2D eigenvalue weighted by Crippen LogP contribution is -2.33. The minimum Gasteiger partial charge on any atom is -0.314 e. The molecule has 1 atom stereocenters. The summed E-state index contributed by atoms with van der Waals surface area (Å²) in [7, 11) is 0. The Morgan fingerprint density at radius 2 is 1.80 bits per heavy atom. The average molecular weight is 369 g/mol. The van der Waals surface area contributed by atoms with Crippen molar-refractivity contribution in [3.8, 4) is 0 Å². The summed E-state index contributed by atoms with van der Waals surface area (Å²) in [4.78, 5) is 38.0. The Hall–Kier alpha value is -1.30. The number of aromatic nitrogens is 2. The van der Waals surface area contributed by atoms with Gasteiger partial charge in [-0.3, -0.25) is 14.2 Å². The van der Waals surface area contributed by atoms with E-state index < -0.39 is 0 Å². The van der Waals surface area contributed by atoms with Crippen LogP contribution in [0.1, 0.15) is 59.8 Å². The highest BCUT2D eigenvalue weighted by atomic mass is 32.2. The summed E-state index contributed by atoms with van der Waals surface area (Å²) >= 11 is 1.47. The SMILES string of the molecule is CC(C)CC(C(=O)SCCCCCCn1c(=O)cc[nH]c1=O)C(C)C. The number of nitrogens with one attached hydrogen (secondary N) is 1. The van der Waals surface area contributed by atoms with E-state index in [1.54, 1.807) is 0 Å². The van der Waals surface area contributed by atoms with E-state index in [1.807, 2.05) is 0 Å². The summed E-state index contributed by atoms with van der Waals surface area (Å²) in [6.07, 6.45) is 6.09. The fourth-order valence-corrected chi connectivity index (χ4v) is 3.95. The fourth-order valence-electron chi connectivity index (χ4n) is 2.82. The Kier molecular flexibility index (Phi) is 9.86. The van der Waals surface area contributed by atoms with Crippen LogP contribution in [0, 0.1) is 17.8 Å². The quantitative estimate of drug-likeness (QED) is 0.605. The van der Waals surface area contributed by atoms with E-state index >= 15 is 0 Å². The summed E-state index contributed by atoms with van der Waals surface area (Å²) in [6.45, 7) is 9.02. The average Bonchev–Trinajstić information content (AvgIpc) is 2.53. The summed E-state index contributed by atoms with van der Waals surface area (Å²) in [5.74, 6) is 1.94. The second-order valence-corrected chi connectivity index (χ2v) is 8.43. The standard InChI is InChI=1S/C19H32N2O3S/c1-14(2)13-16(15(3)4)18(23)25-12-8-6-5-7-11-21-17(22)9-10-20-19(21)24/h9-10,14-16H,5-8,11-13H2,1-4H3,(H,20,24). The molecule has 1 unspecified atom stereocenters. The van der Waals surface area contributed by atoms with Gasteiger partial charge in [-0.25, -0.2) is 4.79 Å². The molecule has 1 aromatic rings. The lowest BCUT2D eigenvalue weighted by atomic mass is 9.89. The molecule has 0 spiro atoms. The molecule has 25 heavy (non-hydrogen) atoms. The number of H-pyrrole nitrogens is 1. The first-order valence-electron chi connectivity index (χ1n) is 9.28. The Balaban J connectivity index is 2.22. The summed E-state index contributed by atoms with van der Waals surface area (Å²) in [5.41, 5.74) is -0.603. The van der Waals surface area contributed by atoms with Gasteiger partial charge in [0.1, 0.15) is 0 Å². The van der Waals surface area contributed by atoms with Crippen LogP contribution in [0.3, 0.4) is 0 Å². The van der Waals surface area contributed by atoms with E-state index in [0.29, 0.717) is 23.5 Å². The van der Waals surface area contributed by atoms with Crippen LogP contribution in [0.4, 0.5) is 0 Å². The highest BCUT2D eigenvalue weighted by Crippen LogP contribution is 2.26. The van der Waals surface area contributed by atoms with Crippen LogP contribution in [0.2, 0.25) is 0 Å². The van der Waals surface area contributed by atoms with Crippen LogP contribution in [-0.2, 0) is 11.3 Å². The van der Waals surface area contributed by atoms with Crippen molar-refractivity contribution in [3.05, 3.63) is 33.1 Å². The minimum absolute atomic E-state index is 0.154. The predicted octanol–water partition coefficient (Wildman–Crippen LogP) is 3.68. The molecule has 0 aliphatic heterocycles. The fraction of sp³-hybridized carbons (Fsp3) is 0.737. The first kappa shape index (κ1) is 21.7. The lowest BCUT2D eigenvalue weighted by molar-refractivity contribution is -0.116. The third-order valence-corrected chi connectivity index (χ3v) is 5.38. The van der Waals surface area contributed by atoms with E-state index in [1.165, 1.54) is 28.6 Å². The van der Waals surface area contributed by atoms with E-state index in [9.17, 15) is 14.4 Å². The Labute approximate surface area is 154 Å². The number of unbranched alkanes of at least 4 members (excludes halogenated alkanes) is 3. The zero-order valence-electron chi connectivity index (χ0n) is 15.9. The van der Waals surface area contributed by atoms with Gasteiger partial charge in [0.05, 0.1) is 0 Å². The van der Waals surface area contributed by atoms with Crippen molar-refractivity contribution in [1.29, 1.82) is 0 Å². The Morgan fingerprint density at radius 3 is 2.40 bits per heavy atom. The van der Waals surface area contributed by atoms with E-state index in [-0.39, 0.29) is 17.2 Å². The molecule has 0 radical (unpaired) electrons.